The molecule has 2 fully saturated rings. The van der Waals surface area contributed by atoms with Crippen molar-refractivity contribution < 1.29 is 4.74 Å². The van der Waals surface area contributed by atoms with Crippen molar-refractivity contribution in [3.8, 4) is 0 Å². The Hall–Kier alpha value is -1.43. The zero-order chi connectivity index (χ0) is 17.1. The number of para-hydroxylation sites is 1. The third-order valence-electron chi connectivity index (χ3n) is 5.42. The van der Waals surface area contributed by atoms with Crippen LogP contribution in [0.4, 0.5) is 5.69 Å². The number of anilines is 1. The maximum Gasteiger partial charge on any atom is 0.0937 e. The summed E-state index contributed by atoms with van der Waals surface area (Å²) in [5, 5.41) is 3.31. The van der Waals surface area contributed by atoms with Gasteiger partial charge in [-0.15, -0.1) is 11.3 Å². The lowest BCUT2D eigenvalue weighted by atomic mass is 9.88. The third kappa shape index (κ3) is 4.05. The van der Waals surface area contributed by atoms with E-state index < -0.39 is 0 Å². The highest BCUT2D eigenvalue weighted by Gasteiger charge is 2.41. The molecule has 1 unspecified atom stereocenters. The molecule has 4 rings (SSSR count). The molecule has 5 heteroatoms. The average Bonchev–Trinajstić information content (AvgIpc) is 3.15. The van der Waals surface area contributed by atoms with E-state index in [0.29, 0.717) is 0 Å². The summed E-state index contributed by atoms with van der Waals surface area (Å²) in [6.07, 6.45) is 5.51. The second kappa shape index (κ2) is 7.44. The number of nitrogens with zero attached hydrogens (tertiary/aromatic N) is 3. The summed E-state index contributed by atoms with van der Waals surface area (Å²) in [5.41, 5.74) is 1.34. The van der Waals surface area contributed by atoms with Crippen LogP contribution in [0.3, 0.4) is 0 Å². The van der Waals surface area contributed by atoms with Crippen molar-refractivity contribution in [1.82, 2.24) is 9.88 Å². The van der Waals surface area contributed by atoms with Gasteiger partial charge in [-0.3, -0.25) is 0 Å². The molecule has 0 N–H and O–H groups in total. The Balaban J connectivity index is 1.36. The first-order valence-electron chi connectivity index (χ1n) is 9.31. The van der Waals surface area contributed by atoms with Gasteiger partial charge in [0.15, 0.2) is 0 Å². The second-order valence-corrected chi connectivity index (χ2v) is 8.32. The maximum absolute atomic E-state index is 6.49. The standard InChI is InChI=1S/C20H27N3OS/c1-17-15-23(18-5-3-2-4-6-18)16-20(24-17)8-12-22(13-9-20)11-7-19-21-10-14-25-19/h2-6,10,14,17H,7-9,11-13,15-16H2,1H3. The number of morpholine rings is 1. The molecule has 134 valence electrons. The van der Waals surface area contributed by atoms with Crippen LogP contribution in [0.15, 0.2) is 41.9 Å². The highest BCUT2D eigenvalue weighted by molar-refractivity contribution is 7.09. The zero-order valence-corrected chi connectivity index (χ0v) is 15.8. The Morgan fingerprint density at radius 2 is 2.04 bits per heavy atom. The first-order valence-corrected chi connectivity index (χ1v) is 10.2. The average molecular weight is 358 g/mol. The summed E-state index contributed by atoms with van der Waals surface area (Å²) < 4.78 is 6.49. The van der Waals surface area contributed by atoms with Gasteiger partial charge >= 0.3 is 0 Å². The first-order chi connectivity index (χ1) is 12.2. The molecule has 3 heterocycles. The van der Waals surface area contributed by atoms with Crippen molar-refractivity contribution in [3.05, 3.63) is 46.9 Å². The minimum atomic E-state index is 0.0190. The molecule has 25 heavy (non-hydrogen) atoms. The van der Waals surface area contributed by atoms with Crippen LogP contribution < -0.4 is 4.90 Å². The van der Waals surface area contributed by atoms with Crippen LogP contribution in [-0.4, -0.2) is 54.3 Å². The summed E-state index contributed by atoms with van der Waals surface area (Å²) in [6.45, 7) is 7.58. The first kappa shape index (κ1) is 17.0. The lowest BCUT2D eigenvalue weighted by Gasteiger charge is -2.50. The Bertz CT molecular complexity index is 653. The van der Waals surface area contributed by atoms with E-state index in [-0.39, 0.29) is 11.7 Å². The number of hydrogen-bond donors (Lipinski definition) is 0. The van der Waals surface area contributed by atoms with Gasteiger partial charge in [0.05, 0.1) is 16.7 Å². The monoisotopic (exact) mass is 357 g/mol. The second-order valence-electron chi connectivity index (χ2n) is 7.35. The number of aromatic nitrogens is 1. The molecule has 1 aromatic heterocycles. The fourth-order valence-corrected chi connectivity index (χ4v) is 4.76. The fraction of sp³-hybridized carbons (Fsp3) is 0.550. The van der Waals surface area contributed by atoms with Crippen molar-refractivity contribution in [2.45, 2.75) is 37.9 Å². The van der Waals surface area contributed by atoms with Crippen LogP contribution in [-0.2, 0) is 11.2 Å². The van der Waals surface area contributed by atoms with Crippen molar-refractivity contribution in [3.63, 3.8) is 0 Å². The van der Waals surface area contributed by atoms with Crippen LogP contribution in [0.25, 0.3) is 0 Å². The molecule has 0 bridgehead atoms. The van der Waals surface area contributed by atoms with Gasteiger partial charge in [-0.25, -0.2) is 4.98 Å². The summed E-state index contributed by atoms with van der Waals surface area (Å²) >= 11 is 1.76. The van der Waals surface area contributed by atoms with Crippen molar-refractivity contribution >= 4 is 17.0 Å². The predicted octanol–water partition coefficient (Wildman–Crippen LogP) is 3.45. The van der Waals surface area contributed by atoms with Gasteiger partial charge in [0.1, 0.15) is 0 Å². The van der Waals surface area contributed by atoms with E-state index in [1.807, 2.05) is 6.20 Å². The van der Waals surface area contributed by atoms with E-state index in [9.17, 15) is 0 Å². The molecular weight excluding hydrogens is 330 g/mol. The van der Waals surface area contributed by atoms with Crippen molar-refractivity contribution in [2.24, 2.45) is 0 Å². The highest BCUT2D eigenvalue weighted by atomic mass is 32.1. The van der Waals surface area contributed by atoms with Gasteiger partial charge in [0.25, 0.3) is 0 Å². The zero-order valence-electron chi connectivity index (χ0n) is 14.9. The number of thiazole rings is 1. The smallest absolute Gasteiger partial charge is 0.0937 e. The van der Waals surface area contributed by atoms with Crippen LogP contribution in [0.5, 0.6) is 0 Å². The largest absolute Gasteiger partial charge is 0.368 e. The number of hydrogen-bond acceptors (Lipinski definition) is 5. The molecule has 2 aliphatic rings. The number of ether oxygens (including phenoxy) is 1. The summed E-state index contributed by atoms with van der Waals surface area (Å²) in [5.74, 6) is 0. The molecule has 2 saturated heterocycles. The maximum atomic E-state index is 6.49. The molecule has 4 nitrogen and oxygen atoms in total. The number of likely N-dealkylation sites (tertiary alicyclic amines) is 1. The Morgan fingerprint density at radius 3 is 2.76 bits per heavy atom. The van der Waals surface area contributed by atoms with E-state index in [0.717, 1.165) is 52.0 Å². The molecule has 2 aromatic rings. The van der Waals surface area contributed by atoms with E-state index >= 15 is 0 Å². The Kier molecular flexibility index (Phi) is 5.06. The molecule has 0 radical (unpaired) electrons. The van der Waals surface area contributed by atoms with Gasteiger partial charge in [0.2, 0.25) is 0 Å². The molecule has 2 aliphatic heterocycles. The Labute approximate surface area is 154 Å². The van der Waals surface area contributed by atoms with Crippen LogP contribution >= 0.6 is 11.3 Å². The van der Waals surface area contributed by atoms with E-state index in [2.05, 4.69) is 57.4 Å². The minimum absolute atomic E-state index is 0.0190. The number of rotatable bonds is 4. The lowest BCUT2D eigenvalue weighted by molar-refractivity contribution is -0.126. The van der Waals surface area contributed by atoms with E-state index in [1.54, 1.807) is 11.3 Å². The van der Waals surface area contributed by atoms with Gasteiger partial charge in [0, 0.05) is 56.4 Å². The van der Waals surface area contributed by atoms with Crippen LogP contribution in [0.1, 0.15) is 24.8 Å². The summed E-state index contributed by atoms with van der Waals surface area (Å²) in [4.78, 5) is 9.48. The normalized spacial score (nSPS) is 23.9. The summed E-state index contributed by atoms with van der Waals surface area (Å²) in [6, 6.07) is 10.8. The molecule has 1 atom stereocenters. The van der Waals surface area contributed by atoms with Crippen LogP contribution in [0.2, 0.25) is 0 Å². The predicted molar refractivity (Wildman–Crippen MR) is 103 cm³/mol. The van der Waals surface area contributed by atoms with Crippen molar-refractivity contribution in [2.75, 3.05) is 37.6 Å². The number of piperidine rings is 1. The summed E-state index contributed by atoms with van der Waals surface area (Å²) in [7, 11) is 0. The minimum Gasteiger partial charge on any atom is -0.368 e. The van der Waals surface area contributed by atoms with Gasteiger partial charge < -0.3 is 14.5 Å². The van der Waals surface area contributed by atoms with E-state index in [4.69, 9.17) is 4.74 Å². The van der Waals surface area contributed by atoms with Crippen LogP contribution in [0, 0.1) is 0 Å². The molecule has 1 aromatic carbocycles. The highest BCUT2D eigenvalue weighted by Crippen LogP contribution is 2.34. The molecular formula is C20H27N3OS. The molecule has 0 amide bonds. The number of benzene rings is 1. The fourth-order valence-electron chi connectivity index (χ4n) is 4.15. The Morgan fingerprint density at radius 1 is 1.24 bits per heavy atom. The lowest BCUT2D eigenvalue weighted by Crippen LogP contribution is -2.59. The van der Waals surface area contributed by atoms with E-state index in [1.165, 1.54) is 10.7 Å². The van der Waals surface area contributed by atoms with Gasteiger partial charge in [-0.1, -0.05) is 18.2 Å². The molecule has 1 spiro atoms. The third-order valence-corrected chi connectivity index (χ3v) is 6.26. The van der Waals surface area contributed by atoms with Gasteiger partial charge in [-0.05, 0) is 31.9 Å². The quantitative estimate of drug-likeness (QED) is 0.838. The molecule has 0 aliphatic carbocycles. The SMILES string of the molecule is CC1CN(c2ccccc2)CC2(CCN(CCc3nccs3)CC2)O1. The molecule has 0 saturated carbocycles. The van der Waals surface area contributed by atoms with Gasteiger partial charge in [-0.2, -0.15) is 0 Å². The topological polar surface area (TPSA) is 28.6 Å². The van der Waals surface area contributed by atoms with Crippen molar-refractivity contribution in [1.29, 1.82) is 0 Å².